The standard InChI is InChI=1S/C21H19NO5S2/c1-26-16-9-8-14(11-17(16)27-2)12-18-19(23)22(21(28)29-18)15(20(24)25)10-13-6-4-3-5-7-13/h3-9,11-12,15H,10H2,1-2H3,(H,24,25)/p-1/b18-12-/t15-/m0/s1. The van der Waals surface area contributed by atoms with E-state index in [1.165, 1.54) is 14.2 Å². The Morgan fingerprint density at radius 3 is 2.48 bits per heavy atom. The van der Waals surface area contributed by atoms with Crippen LogP contribution in [0.15, 0.2) is 53.4 Å². The van der Waals surface area contributed by atoms with Gasteiger partial charge in [0.25, 0.3) is 5.91 Å². The molecule has 0 N–H and O–H groups in total. The molecule has 150 valence electrons. The molecule has 3 rings (SSSR count). The summed E-state index contributed by atoms with van der Waals surface area (Å²) in [6.07, 6.45) is 1.76. The molecule has 1 amide bonds. The molecule has 6 nitrogen and oxygen atoms in total. The highest BCUT2D eigenvalue weighted by Crippen LogP contribution is 2.36. The normalized spacial score (nSPS) is 16.2. The van der Waals surface area contributed by atoms with Crippen molar-refractivity contribution in [3.8, 4) is 11.5 Å². The number of hydrogen-bond acceptors (Lipinski definition) is 7. The Hall–Kier alpha value is -2.84. The van der Waals surface area contributed by atoms with Gasteiger partial charge in [0.2, 0.25) is 0 Å². The maximum absolute atomic E-state index is 12.9. The Bertz CT molecular complexity index is 974. The van der Waals surface area contributed by atoms with E-state index in [-0.39, 0.29) is 10.7 Å². The van der Waals surface area contributed by atoms with Crippen molar-refractivity contribution in [2.24, 2.45) is 0 Å². The first-order chi connectivity index (χ1) is 13.9. The summed E-state index contributed by atoms with van der Waals surface area (Å²) in [4.78, 5) is 26.2. The number of thioether (sulfide) groups is 1. The van der Waals surface area contributed by atoms with Crippen LogP contribution in [0.4, 0.5) is 0 Å². The van der Waals surface area contributed by atoms with Crippen LogP contribution in [0.1, 0.15) is 11.1 Å². The predicted octanol–water partition coefficient (Wildman–Crippen LogP) is 2.27. The number of carbonyl (C=O) groups is 2. The molecule has 0 aliphatic carbocycles. The topological polar surface area (TPSA) is 78.9 Å². The summed E-state index contributed by atoms with van der Waals surface area (Å²) >= 11 is 6.36. The van der Waals surface area contributed by atoms with Gasteiger partial charge in [0, 0.05) is 0 Å². The van der Waals surface area contributed by atoms with Crippen LogP contribution in [-0.2, 0) is 16.0 Å². The van der Waals surface area contributed by atoms with Gasteiger partial charge in [-0.05, 0) is 35.8 Å². The number of thiocarbonyl (C=S) groups is 1. The first-order valence-electron chi connectivity index (χ1n) is 8.68. The summed E-state index contributed by atoms with van der Waals surface area (Å²) in [7, 11) is 3.06. The van der Waals surface area contributed by atoms with Crippen LogP contribution in [0.2, 0.25) is 0 Å². The molecule has 1 heterocycles. The van der Waals surface area contributed by atoms with E-state index in [0.717, 1.165) is 22.2 Å². The highest BCUT2D eigenvalue weighted by Gasteiger charge is 2.37. The third-order valence-corrected chi connectivity index (χ3v) is 5.71. The lowest BCUT2D eigenvalue weighted by Crippen LogP contribution is -2.51. The van der Waals surface area contributed by atoms with Crippen molar-refractivity contribution in [1.29, 1.82) is 0 Å². The van der Waals surface area contributed by atoms with Gasteiger partial charge in [0.1, 0.15) is 4.32 Å². The minimum atomic E-state index is -1.35. The lowest BCUT2D eigenvalue weighted by molar-refractivity contribution is -0.310. The molecule has 0 aromatic heterocycles. The highest BCUT2D eigenvalue weighted by atomic mass is 32.2. The van der Waals surface area contributed by atoms with Crippen molar-refractivity contribution in [2.75, 3.05) is 14.2 Å². The number of benzene rings is 2. The van der Waals surface area contributed by atoms with E-state index in [9.17, 15) is 14.7 Å². The lowest BCUT2D eigenvalue weighted by Gasteiger charge is -2.27. The molecule has 0 radical (unpaired) electrons. The summed E-state index contributed by atoms with van der Waals surface area (Å²) in [5.41, 5.74) is 1.48. The van der Waals surface area contributed by atoms with Crippen molar-refractivity contribution in [3.63, 3.8) is 0 Å². The minimum absolute atomic E-state index is 0.110. The van der Waals surface area contributed by atoms with Crippen LogP contribution in [0, 0.1) is 0 Å². The number of methoxy groups -OCH3 is 2. The van der Waals surface area contributed by atoms with E-state index in [4.69, 9.17) is 21.7 Å². The lowest BCUT2D eigenvalue weighted by atomic mass is 10.0. The zero-order valence-corrected chi connectivity index (χ0v) is 17.4. The molecular formula is C21H18NO5S2-. The molecule has 1 aliphatic rings. The number of carboxylic acid groups (broad SMARTS) is 1. The maximum Gasteiger partial charge on any atom is 0.266 e. The molecular weight excluding hydrogens is 410 g/mol. The number of rotatable bonds is 7. The third-order valence-electron chi connectivity index (χ3n) is 4.38. The number of nitrogens with zero attached hydrogens (tertiary/aromatic N) is 1. The number of carboxylic acids is 1. The van der Waals surface area contributed by atoms with Crippen molar-refractivity contribution in [3.05, 3.63) is 64.6 Å². The SMILES string of the molecule is COc1ccc(/C=C2\SC(=S)N([C@@H](Cc3ccccc3)C(=O)[O-])C2=O)cc1OC. The second kappa shape index (κ2) is 9.11. The molecule has 2 aromatic carbocycles. The molecule has 0 unspecified atom stereocenters. The molecule has 0 saturated carbocycles. The van der Waals surface area contributed by atoms with Crippen molar-refractivity contribution >= 4 is 46.3 Å². The quantitative estimate of drug-likeness (QED) is 0.494. The molecule has 1 atom stereocenters. The highest BCUT2D eigenvalue weighted by molar-refractivity contribution is 8.26. The van der Waals surface area contributed by atoms with Crippen LogP contribution in [0.3, 0.4) is 0 Å². The Kier molecular flexibility index (Phi) is 6.56. The van der Waals surface area contributed by atoms with Crippen LogP contribution in [0.25, 0.3) is 6.08 Å². The Morgan fingerprint density at radius 2 is 1.86 bits per heavy atom. The smallest absolute Gasteiger partial charge is 0.266 e. The fraction of sp³-hybridized carbons (Fsp3) is 0.190. The summed E-state index contributed by atoms with van der Waals surface area (Å²) < 4.78 is 10.7. The molecule has 0 spiro atoms. The zero-order chi connectivity index (χ0) is 21.0. The number of hydrogen-bond donors (Lipinski definition) is 0. The number of amides is 1. The van der Waals surface area contributed by atoms with Gasteiger partial charge in [-0.15, -0.1) is 0 Å². The second-order valence-electron chi connectivity index (χ2n) is 6.19. The van der Waals surface area contributed by atoms with Gasteiger partial charge in [0.15, 0.2) is 11.5 Å². The van der Waals surface area contributed by atoms with E-state index in [2.05, 4.69) is 0 Å². The summed E-state index contributed by atoms with van der Waals surface area (Å²) in [6.45, 7) is 0. The molecule has 1 fully saturated rings. The van der Waals surface area contributed by atoms with Gasteiger partial charge >= 0.3 is 0 Å². The average Bonchev–Trinajstić information content (AvgIpc) is 2.99. The monoisotopic (exact) mass is 428 g/mol. The average molecular weight is 429 g/mol. The van der Waals surface area contributed by atoms with Gasteiger partial charge in [-0.2, -0.15) is 0 Å². The third kappa shape index (κ3) is 4.60. The van der Waals surface area contributed by atoms with E-state index < -0.39 is 17.9 Å². The molecule has 29 heavy (non-hydrogen) atoms. The van der Waals surface area contributed by atoms with E-state index in [0.29, 0.717) is 22.0 Å². The molecule has 0 bridgehead atoms. The number of aliphatic carboxylic acids is 1. The fourth-order valence-corrected chi connectivity index (χ4v) is 4.32. The van der Waals surface area contributed by atoms with Crippen molar-refractivity contribution in [2.45, 2.75) is 12.5 Å². The van der Waals surface area contributed by atoms with Crippen LogP contribution >= 0.6 is 24.0 Å². The van der Waals surface area contributed by atoms with E-state index >= 15 is 0 Å². The van der Waals surface area contributed by atoms with Gasteiger partial charge < -0.3 is 19.4 Å². The Labute approximate surface area is 178 Å². The summed E-state index contributed by atoms with van der Waals surface area (Å²) in [5, 5.41) is 11.8. The second-order valence-corrected chi connectivity index (χ2v) is 7.87. The Morgan fingerprint density at radius 1 is 1.17 bits per heavy atom. The van der Waals surface area contributed by atoms with Gasteiger partial charge in [0.05, 0.1) is 31.1 Å². The first-order valence-corrected chi connectivity index (χ1v) is 9.91. The maximum atomic E-state index is 12.9. The number of ether oxygens (including phenoxy) is 2. The van der Waals surface area contributed by atoms with Crippen molar-refractivity contribution < 1.29 is 24.2 Å². The largest absolute Gasteiger partial charge is 0.548 e. The molecule has 2 aromatic rings. The number of carbonyl (C=O) groups excluding carboxylic acids is 2. The van der Waals surface area contributed by atoms with E-state index in [1.807, 2.05) is 18.2 Å². The van der Waals surface area contributed by atoms with Gasteiger partial charge in [-0.1, -0.05) is 60.4 Å². The molecule has 1 saturated heterocycles. The van der Waals surface area contributed by atoms with Crippen LogP contribution in [-0.4, -0.2) is 41.4 Å². The van der Waals surface area contributed by atoms with E-state index in [1.54, 1.807) is 36.4 Å². The van der Waals surface area contributed by atoms with Crippen LogP contribution < -0.4 is 14.6 Å². The summed E-state index contributed by atoms with van der Waals surface area (Å²) in [6, 6.07) is 13.1. The van der Waals surface area contributed by atoms with Gasteiger partial charge in [-0.25, -0.2) is 0 Å². The Balaban J connectivity index is 1.88. The molecule has 8 heteroatoms. The predicted molar refractivity (Wildman–Crippen MR) is 113 cm³/mol. The van der Waals surface area contributed by atoms with Gasteiger partial charge in [-0.3, -0.25) is 9.69 Å². The summed E-state index contributed by atoms with van der Waals surface area (Å²) in [5.74, 6) is -0.720. The fourth-order valence-electron chi connectivity index (χ4n) is 2.96. The first kappa shape index (κ1) is 20.9. The van der Waals surface area contributed by atoms with Crippen molar-refractivity contribution in [1.82, 2.24) is 4.90 Å². The van der Waals surface area contributed by atoms with Crippen LogP contribution in [0.5, 0.6) is 11.5 Å². The zero-order valence-electron chi connectivity index (χ0n) is 15.8. The molecule has 1 aliphatic heterocycles. The minimum Gasteiger partial charge on any atom is -0.548 e.